The molecule has 3 rings (SSSR count). The van der Waals surface area contributed by atoms with Crippen LogP contribution in [0.2, 0.25) is 5.02 Å². The predicted molar refractivity (Wildman–Crippen MR) is 102 cm³/mol. The minimum atomic E-state index is -3.91. The second-order valence-electron chi connectivity index (χ2n) is 5.77. The summed E-state index contributed by atoms with van der Waals surface area (Å²) in [5.41, 5.74) is 1.13. The molecule has 0 radical (unpaired) electrons. The fourth-order valence-electron chi connectivity index (χ4n) is 2.57. The highest BCUT2D eigenvalue weighted by molar-refractivity contribution is 7.90. The lowest BCUT2D eigenvalue weighted by molar-refractivity contribution is 0.584. The summed E-state index contributed by atoms with van der Waals surface area (Å²) < 4.78 is 27.1. The van der Waals surface area contributed by atoms with E-state index in [1.807, 2.05) is 30.3 Å². The molecule has 5 nitrogen and oxygen atoms in total. The zero-order chi connectivity index (χ0) is 18.7. The second-order valence-corrected chi connectivity index (χ2v) is 8.12. The summed E-state index contributed by atoms with van der Waals surface area (Å²) >= 11 is 5.84. The Bertz CT molecular complexity index is 1080. The van der Waals surface area contributed by atoms with E-state index in [0.29, 0.717) is 22.8 Å². The van der Waals surface area contributed by atoms with Crippen LogP contribution in [0.3, 0.4) is 0 Å². The Hall–Kier alpha value is -2.44. The smallest absolute Gasteiger partial charge is 0.288 e. The van der Waals surface area contributed by atoms with E-state index in [1.54, 1.807) is 37.4 Å². The molecule has 0 saturated carbocycles. The molecule has 3 aromatic rings. The van der Waals surface area contributed by atoms with E-state index in [0.717, 1.165) is 5.56 Å². The van der Waals surface area contributed by atoms with Gasteiger partial charge in [-0.1, -0.05) is 54.1 Å². The lowest BCUT2D eigenvalue weighted by Gasteiger charge is -2.10. The summed E-state index contributed by atoms with van der Waals surface area (Å²) in [7, 11) is -3.91. The van der Waals surface area contributed by atoms with Crippen molar-refractivity contribution >= 4 is 21.4 Å². The topological polar surface area (TPSA) is 69.0 Å². The van der Waals surface area contributed by atoms with Crippen molar-refractivity contribution in [3.05, 3.63) is 81.7 Å². The van der Waals surface area contributed by atoms with Crippen molar-refractivity contribution in [1.82, 2.24) is 9.55 Å². The first kappa shape index (κ1) is 18.4. The number of sulfone groups is 1. The number of benzene rings is 2. The number of nitrogens with zero attached hydrogens (tertiary/aromatic N) is 2. The van der Waals surface area contributed by atoms with Gasteiger partial charge in [0, 0.05) is 23.3 Å². The Kier molecular flexibility index (Phi) is 5.25. The van der Waals surface area contributed by atoms with E-state index in [4.69, 9.17) is 11.6 Å². The molecule has 0 atom stereocenters. The first-order valence-corrected chi connectivity index (χ1v) is 10.1. The van der Waals surface area contributed by atoms with E-state index in [-0.39, 0.29) is 5.75 Å². The predicted octanol–water partition coefficient (Wildman–Crippen LogP) is 3.56. The van der Waals surface area contributed by atoms with Gasteiger partial charge in [0.25, 0.3) is 5.56 Å². The molecule has 0 saturated heterocycles. The minimum Gasteiger partial charge on any atom is -0.311 e. The lowest BCUT2D eigenvalue weighted by atomic mass is 10.2. The SMILES string of the molecule is CCn1cc(-c2ccccc2)nc(S(=O)(=O)Cc2ccc(Cl)cc2)c1=O. The van der Waals surface area contributed by atoms with Gasteiger partial charge < -0.3 is 4.57 Å². The Labute approximate surface area is 156 Å². The maximum Gasteiger partial charge on any atom is 0.288 e. The molecule has 0 unspecified atom stereocenters. The first-order chi connectivity index (χ1) is 12.4. The third kappa shape index (κ3) is 3.86. The molecule has 7 heteroatoms. The van der Waals surface area contributed by atoms with Crippen LogP contribution in [0.5, 0.6) is 0 Å². The first-order valence-electron chi connectivity index (χ1n) is 8.05. The van der Waals surface area contributed by atoms with Crippen molar-refractivity contribution in [3.63, 3.8) is 0 Å². The van der Waals surface area contributed by atoms with Gasteiger partial charge in [-0.15, -0.1) is 0 Å². The Morgan fingerprint density at radius 2 is 1.69 bits per heavy atom. The van der Waals surface area contributed by atoms with E-state index in [2.05, 4.69) is 4.98 Å². The zero-order valence-electron chi connectivity index (χ0n) is 14.1. The standard InChI is InChI=1S/C19H17ClN2O3S/c1-2-22-12-17(15-6-4-3-5-7-15)21-18(19(22)23)26(24,25)13-14-8-10-16(20)11-9-14/h3-12H,2,13H2,1H3. The fraction of sp³-hybridized carbons (Fsp3) is 0.158. The van der Waals surface area contributed by atoms with Crippen LogP contribution in [0, 0.1) is 0 Å². The Balaban J connectivity index is 2.10. The molecule has 0 aliphatic carbocycles. The summed E-state index contributed by atoms with van der Waals surface area (Å²) in [6.07, 6.45) is 1.58. The van der Waals surface area contributed by atoms with Gasteiger partial charge >= 0.3 is 0 Å². The van der Waals surface area contributed by atoms with E-state index < -0.39 is 20.4 Å². The molecule has 26 heavy (non-hydrogen) atoms. The molecule has 1 heterocycles. The number of aryl methyl sites for hydroxylation is 1. The lowest BCUT2D eigenvalue weighted by Crippen LogP contribution is -2.28. The van der Waals surface area contributed by atoms with Crippen LogP contribution in [0.4, 0.5) is 0 Å². The number of hydrogen-bond acceptors (Lipinski definition) is 4. The summed E-state index contributed by atoms with van der Waals surface area (Å²) in [5, 5.41) is 0.0827. The molecule has 0 amide bonds. The van der Waals surface area contributed by atoms with Crippen LogP contribution < -0.4 is 5.56 Å². The number of hydrogen-bond donors (Lipinski definition) is 0. The highest BCUT2D eigenvalue weighted by atomic mass is 35.5. The van der Waals surface area contributed by atoms with E-state index in [1.165, 1.54) is 4.57 Å². The molecule has 0 N–H and O–H groups in total. The summed E-state index contributed by atoms with van der Waals surface area (Å²) in [6.45, 7) is 2.14. The van der Waals surface area contributed by atoms with Gasteiger partial charge in [-0.25, -0.2) is 13.4 Å². The number of aromatic nitrogens is 2. The van der Waals surface area contributed by atoms with Crippen molar-refractivity contribution in [1.29, 1.82) is 0 Å². The number of halogens is 1. The molecule has 134 valence electrons. The van der Waals surface area contributed by atoms with Gasteiger partial charge in [0.05, 0.1) is 11.4 Å². The molecule has 0 bridgehead atoms. The van der Waals surface area contributed by atoms with Gasteiger partial charge in [0.2, 0.25) is 14.9 Å². The van der Waals surface area contributed by atoms with Crippen LogP contribution in [0.1, 0.15) is 12.5 Å². The minimum absolute atomic E-state index is 0.311. The highest BCUT2D eigenvalue weighted by Gasteiger charge is 2.23. The molecule has 2 aromatic carbocycles. The van der Waals surface area contributed by atoms with Crippen molar-refractivity contribution in [2.45, 2.75) is 24.2 Å². The maximum atomic E-state index is 12.9. The monoisotopic (exact) mass is 388 g/mol. The average Bonchev–Trinajstić information content (AvgIpc) is 2.64. The maximum absolute atomic E-state index is 12.9. The van der Waals surface area contributed by atoms with Gasteiger partial charge in [-0.2, -0.15) is 0 Å². The van der Waals surface area contributed by atoms with Gasteiger partial charge in [0.15, 0.2) is 0 Å². The van der Waals surface area contributed by atoms with Crippen molar-refractivity contribution < 1.29 is 8.42 Å². The summed E-state index contributed by atoms with van der Waals surface area (Å²) in [6, 6.07) is 15.6. The average molecular weight is 389 g/mol. The van der Waals surface area contributed by atoms with Crippen molar-refractivity contribution in [2.24, 2.45) is 0 Å². The number of rotatable bonds is 5. The molecule has 0 aliphatic heterocycles. The van der Waals surface area contributed by atoms with Crippen LogP contribution in [-0.2, 0) is 22.1 Å². The van der Waals surface area contributed by atoms with Gasteiger partial charge in [0.1, 0.15) is 0 Å². The van der Waals surface area contributed by atoms with Crippen LogP contribution in [0.15, 0.2) is 70.6 Å². The highest BCUT2D eigenvalue weighted by Crippen LogP contribution is 2.19. The largest absolute Gasteiger partial charge is 0.311 e. The Morgan fingerprint density at radius 3 is 2.31 bits per heavy atom. The van der Waals surface area contributed by atoms with Gasteiger partial charge in [-0.3, -0.25) is 4.79 Å². The summed E-state index contributed by atoms with van der Waals surface area (Å²) in [4.78, 5) is 16.8. The molecule has 1 aromatic heterocycles. The van der Waals surface area contributed by atoms with Crippen molar-refractivity contribution in [3.8, 4) is 11.3 Å². The third-order valence-electron chi connectivity index (χ3n) is 3.92. The van der Waals surface area contributed by atoms with Crippen LogP contribution in [-0.4, -0.2) is 18.0 Å². The summed E-state index contributed by atoms with van der Waals surface area (Å²) in [5.74, 6) is -0.311. The fourth-order valence-corrected chi connectivity index (χ4v) is 4.08. The molecular weight excluding hydrogens is 372 g/mol. The third-order valence-corrected chi connectivity index (χ3v) is 5.74. The van der Waals surface area contributed by atoms with Crippen LogP contribution >= 0.6 is 11.6 Å². The van der Waals surface area contributed by atoms with Gasteiger partial charge in [-0.05, 0) is 24.6 Å². The molecule has 0 fully saturated rings. The molecular formula is C19H17ClN2O3S. The molecule has 0 spiro atoms. The normalized spacial score (nSPS) is 11.5. The second kappa shape index (κ2) is 7.43. The molecule has 0 aliphatic rings. The zero-order valence-corrected chi connectivity index (χ0v) is 15.7. The van der Waals surface area contributed by atoms with E-state index in [9.17, 15) is 13.2 Å². The Morgan fingerprint density at radius 1 is 1.04 bits per heavy atom. The van der Waals surface area contributed by atoms with Crippen molar-refractivity contribution in [2.75, 3.05) is 0 Å². The van der Waals surface area contributed by atoms with E-state index >= 15 is 0 Å². The quantitative estimate of drug-likeness (QED) is 0.670. The van der Waals surface area contributed by atoms with Crippen LogP contribution in [0.25, 0.3) is 11.3 Å².